The minimum absolute atomic E-state index is 0.0671. The molecule has 0 fully saturated rings. The van der Waals surface area contributed by atoms with Crippen LogP contribution in [0.25, 0.3) is 0 Å². The monoisotopic (exact) mass is 426 g/mol. The molecule has 0 aliphatic rings. The van der Waals surface area contributed by atoms with Crippen LogP contribution in [0.15, 0.2) is 42.5 Å². The van der Waals surface area contributed by atoms with Gasteiger partial charge < -0.3 is 14.8 Å². The predicted molar refractivity (Wildman–Crippen MR) is 120 cm³/mol. The highest BCUT2D eigenvalue weighted by molar-refractivity contribution is 7.15. The van der Waals surface area contributed by atoms with Gasteiger partial charge in [0, 0.05) is 12.1 Å². The molecule has 158 valence electrons. The summed E-state index contributed by atoms with van der Waals surface area (Å²) in [5.41, 5.74) is 3.00. The average molecular weight is 427 g/mol. The summed E-state index contributed by atoms with van der Waals surface area (Å²) in [6.45, 7) is 6.45. The number of amides is 2. The van der Waals surface area contributed by atoms with Crippen LogP contribution >= 0.6 is 11.3 Å². The lowest BCUT2D eigenvalue weighted by molar-refractivity contribution is 0.262. The van der Waals surface area contributed by atoms with Crippen molar-refractivity contribution in [2.75, 3.05) is 24.9 Å². The highest BCUT2D eigenvalue weighted by Gasteiger charge is 2.14. The fourth-order valence-corrected chi connectivity index (χ4v) is 3.62. The number of nitrogens with zero attached hydrogens (tertiary/aromatic N) is 2. The molecule has 0 bridgehead atoms. The van der Waals surface area contributed by atoms with Crippen molar-refractivity contribution < 1.29 is 14.3 Å². The number of methoxy groups -OCH3 is 2. The average Bonchev–Trinajstić information content (AvgIpc) is 3.14. The van der Waals surface area contributed by atoms with Gasteiger partial charge in [0.25, 0.3) is 0 Å². The molecule has 1 aromatic heterocycles. The molecule has 2 aromatic carbocycles. The second kappa shape index (κ2) is 9.13. The summed E-state index contributed by atoms with van der Waals surface area (Å²) in [6, 6.07) is 13.2. The van der Waals surface area contributed by atoms with E-state index in [9.17, 15) is 4.79 Å². The lowest BCUT2D eigenvalue weighted by Crippen LogP contribution is -2.19. The topological polar surface area (TPSA) is 85.4 Å². The minimum atomic E-state index is -0.354. The summed E-state index contributed by atoms with van der Waals surface area (Å²) in [5, 5.41) is 15.0. The Labute approximate surface area is 180 Å². The van der Waals surface area contributed by atoms with Crippen molar-refractivity contribution in [3.8, 4) is 11.5 Å². The van der Waals surface area contributed by atoms with Crippen LogP contribution in [0.5, 0.6) is 11.5 Å². The van der Waals surface area contributed by atoms with Crippen molar-refractivity contribution in [2.24, 2.45) is 0 Å². The number of nitrogens with one attached hydrogen (secondary N) is 2. The number of benzene rings is 2. The molecule has 0 saturated carbocycles. The van der Waals surface area contributed by atoms with E-state index in [2.05, 4.69) is 41.6 Å². The Balaban J connectivity index is 1.59. The molecule has 0 spiro atoms. The summed E-state index contributed by atoms with van der Waals surface area (Å²) in [6.07, 6.45) is 0.579. The van der Waals surface area contributed by atoms with E-state index >= 15 is 0 Å². The highest BCUT2D eigenvalue weighted by Crippen LogP contribution is 2.29. The molecule has 0 radical (unpaired) electrons. The first kappa shape index (κ1) is 21.6. The second-order valence-corrected chi connectivity index (χ2v) is 8.84. The molecular formula is C22H26N4O3S. The van der Waals surface area contributed by atoms with Crippen molar-refractivity contribution in [1.29, 1.82) is 0 Å². The van der Waals surface area contributed by atoms with Crippen molar-refractivity contribution >= 4 is 28.2 Å². The van der Waals surface area contributed by atoms with E-state index in [1.165, 1.54) is 16.9 Å². The number of aromatic nitrogens is 2. The van der Waals surface area contributed by atoms with Gasteiger partial charge in [0.1, 0.15) is 5.01 Å². The van der Waals surface area contributed by atoms with Gasteiger partial charge in [-0.3, -0.25) is 5.32 Å². The van der Waals surface area contributed by atoms with E-state index in [1.54, 1.807) is 14.2 Å². The molecule has 3 rings (SSSR count). The summed E-state index contributed by atoms with van der Waals surface area (Å²) in [5.74, 6) is 1.34. The quantitative estimate of drug-likeness (QED) is 0.574. The fraction of sp³-hybridized carbons (Fsp3) is 0.318. The first-order valence-electron chi connectivity index (χ1n) is 9.50. The van der Waals surface area contributed by atoms with Gasteiger partial charge in [-0.25, -0.2) is 4.79 Å². The van der Waals surface area contributed by atoms with Crippen LogP contribution in [0, 0.1) is 0 Å². The first-order chi connectivity index (χ1) is 14.3. The summed E-state index contributed by atoms with van der Waals surface area (Å²) in [7, 11) is 3.20. The zero-order chi connectivity index (χ0) is 21.7. The molecule has 2 N–H and O–H groups in total. The molecule has 0 aliphatic heterocycles. The smallest absolute Gasteiger partial charge is 0.325 e. The molecular weight excluding hydrogens is 400 g/mol. The van der Waals surface area contributed by atoms with Crippen molar-refractivity contribution in [3.05, 3.63) is 58.6 Å². The van der Waals surface area contributed by atoms with Crippen molar-refractivity contribution in [1.82, 2.24) is 10.2 Å². The Hall–Kier alpha value is -3.13. The second-order valence-electron chi connectivity index (χ2n) is 7.77. The standard InChI is InChI=1S/C22H26N4O3S/c1-22(2,3)15-7-9-16(10-8-15)23-20(27)24-21-26-25-19(30-21)13-14-6-11-17(28-4)18(12-14)29-5/h6-12H,13H2,1-5H3,(H2,23,24,26,27). The van der Waals surface area contributed by atoms with Crippen molar-refractivity contribution in [3.63, 3.8) is 0 Å². The Morgan fingerprint density at radius 1 is 0.967 bits per heavy atom. The normalized spacial score (nSPS) is 11.1. The largest absolute Gasteiger partial charge is 0.493 e. The van der Waals surface area contributed by atoms with Gasteiger partial charge in [-0.05, 0) is 40.8 Å². The van der Waals surface area contributed by atoms with Crippen LogP contribution in [0.4, 0.5) is 15.6 Å². The van der Waals surface area contributed by atoms with E-state index in [0.29, 0.717) is 23.1 Å². The maximum absolute atomic E-state index is 12.3. The maximum Gasteiger partial charge on any atom is 0.325 e. The lowest BCUT2D eigenvalue weighted by Gasteiger charge is -2.19. The zero-order valence-electron chi connectivity index (χ0n) is 17.8. The number of rotatable bonds is 6. The molecule has 7 nitrogen and oxygen atoms in total. The van der Waals surface area contributed by atoms with Gasteiger partial charge in [0.2, 0.25) is 5.13 Å². The van der Waals surface area contributed by atoms with Crippen LogP contribution in [0.3, 0.4) is 0 Å². The molecule has 0 unspecified atom stereocenters. The van der Waals surface area contributed by atoms with Gasteiger partial charge in [-0.15, -0.1) is 10.2 Å². The number of hydrogen-bond acceptors (Lipinski definition) is 6. The van der Waals surface area contributed by atoms with Crippen LogP contribution in [-0.4, -0.2) is 30.4 Å². The van der Waals surface area contributed by atoms with E-state index < -0.39 is 0 Å². The van der Waals surface area contributed by atoms with E-state index in [-0.39, 0.29) is 11.4 Å². The predicted octanol–water partition coefficient (Wildman–Crippen LogP) is 5.09. The van der Waals surface area contributed by atoms with Gasteiger partial charge in [0.15, 0.2) is 11.5 Å². The SMILES string of the molecule is COc1ccc(Cc2nnc(NC(=O)Nc3ccc(C(C)(C)C)cc3)s2)cc1OC. The molecule has 0 saturated heterocycles. The third kappa shape index (κ3) is 5.48. The Morgan fingerprint density at radius 2 is 1.67 bits per heavy atom. The molecule has 2 amide bonds. The first-order valence-corrected chi connectivity index (χ1v) is 10.3. The van der Waals surface area contributed by atoms with E-state index in [4.69, 9.17) is 9.47 Å². The molecule has 0 aliphatic carbocycles. The number of anilines is 2. The third-order valence-electron chi connectivity index (χ3n) is 4.50. The molecule has 1 heterocycles. The van der Waals surface area contributed by atoms with Crippen LogP contribution in [0.2, 0.25) is 0 Å². The van der Waals surface area contributed by atoms with Gasteiger partial charge >= 0.3 is 6.03 Å². The van der Waals surface area contributed by atoms with Crippen LogP contribution in [0.1, 0.15) is 36.9 Å². The Morgan fingerprint density at radius 3 is 2.30 bits per heavy atom. The molecule has 0 atom stereocenters. The number of urea groups is 1. The number of ether oxygens (including phenoxy) is 2. The highest BCUT2D eigenvalue weighted by atomic mass is 32.1. The number of carbonyl (C=O) groups excluding carboxylic acids is 1. The van der Waals surface area contributed by atoms with Gasteiger partial charge in [0.05, 0.1) is 14.2 Å². The summed E-state index contributed by atoms with van der Waals surface area (Å²) in [4.78, 5) is 12.3. The van der Waals surface area contributed by atoms with E-state index in [1.807, 2.05) is 42.5 Å². The van der Waals surface area contributed by atoms with Gasteiger partial charge in [-0.1, -0.05) is 50.3 Å². The van der Waals surface area contributed by atoms with Gasteiger partial charge in [-0.2, -0.15) is 0 Å². The van der Waals surface area contributed by atoms with Crippen LogP contribution in [-0.2, 0) is 11.8 Å². The van der Waals surface area contributed by atoms with E-state index in [0.717, 1.165) is 16.3 Å². The van der Waals surface area contributed by atoms with Crippen molar-refractivity contribution in [2.45, 2.75) is 32.6 Å². The fourth-order valence-electron chi connectivity index (χ4n) is 2.85. The summed E-state index contributed by atoms with van der Waals surface area (Å²) >= 11 is 1.33. The van der Waals surface area contributed by atoms with Crippen LogP contribution < -0.4 is 20.1 Å². The third-order valence-corrected chi connectivity index (χ3v) is 5.34. The Bertz CT molecular complexity index is 1010. The number of hydrogen-bond donors (Lipinski definition) is 2. The number of carbonyl (C=O) groups is 1. The molecule has 8 heteroatoms. The Kier molecular flexibility index (Phi) is 6.56. The lowest BCUT2D eigenvalue weighted by atomic mass is 9.87. The minimum Gasteiger partial charge on any atom is -0.493 e. The molecule has 3 aromatic rings. The zero-order valence-corrected chi connectivity index (χ0v) is 18.6. The maximum atomic E-state index is 12.3. The summed E-state index contributed by atoms with van der Waals surface area (Å²) < 4.78 is 10.6. The molecule has 30 heavy (non-hydrogen) atoms.